The highest BCUT2D eigenvalue weighted by atomic mass is 16.5. The van der Waals surface area contributed by atoms with Crippen molar-refractivity contribution in [3.8, 4) is 11.5 Å². The summed E-state index contributed by atoms with van der Waals surface area (Å²) in [6.07, 6.45) is 0. The predicted molar refractivity (Wildman–Crippen MR) is 65.7 cm³/mol. The minimum absolute atomic E-state index is 0.0978. The number of amides is 2. The Morgan fingerprint density at radius 1 is 1.33 bits per heavy atom. The molecular weight excluding hydrogens is 236 g/mol. The van der Waals surface area contributed by atoms with Crippen molar-refractivity contribution in [1.29, 1.82) is 0 Å². The molecule has 0 aliphatic rings. The van der Waals surface area contributed by atoms with Crippen LogP contribution in [0.15, 0.2) is 18.2 Å². The van der Waals surface area contributed by atoms with Gasteiger partial charge >= 0.3 is 0 Å². The number of likely N-dealkylation sites (N-methyl/N-ethyl adjacent to an activating group) is 1. The van der Waals surface area contributed by atoms with Gasteiger partial charge in [-0.1, -0.05) is 0 Å². The van der Waals surface area contributed by atoms with Crippen molar-refractivity contribution in [3.05, 3.63) is 23.8 Å². The van der Waals surface area contributed by atoms with Crippen LogP contribution in [0.1, 0.15) is 17.3 Å². The van der Waals surface area contributed by atoms with Crippen LogP contribution < -0.4 is 15.4 Å². The number of phenols is 1. The summed E-state index contributed by atoms with van der Waals surface area (Å²) in [4.78, 5) is 22.8. The molecule has 0 aliphatic heterocycles. The Kier molecular flexibility index (Phi) is 4.98. The number of nitrogens with one attached hydrogen (secondary N) is 2. The Labute approximate surface area is 105 Å². The molecule has 0 radical (unpaired) electrons. The average molecular weight is 252 g/mol. The van der Waals surface area contributed by atoms with E-state index in [0.717, 1.165) is 0 Å². The van der Waals surface area contributed by atoms with Crippen LogP contribution in [0, 0.1) is 0 Å². The normalized spacial score (nSPS) is 9.67. The van der Waals surface area contributed by atoms with E-state index in [1.165, 1.54) is 25.3 Å². The van der Waals surface area contributed by atoms with Gasteiger partial charge in [0.2, 0.25) is 5.91 Å². The number of ether oxygens (including phenoxy) is 1. The number of rotatable bonds is 5. The summed E-state index contributed by atoms with van der Waals surface area (Å²) in [6, 6.07) is 4.27. The van der Waals surface area contributed by atoms with E-state index in [2.05, 4.69) is 10.6 Å². The highest BCUT2D eigenvalue weighted by Crippen LogP contribution is 2.25. The van der Waals surface area contributed by atoms with Crippen molar-refractivity contribution in [2.75, 3.05) is 20.2 Å². The third-order valence-electron chi connectivity index (χ3n) is 2.22. The minimum atomic E-state index is -0.431. The van der Waals surface area contributed by atoms with Crippen LogP contribution in [0.3, 0.4) is 0 Å². The van der Waals surface area contributed by atoms with E-state index in [1.54, 1.807) is 6.92 Å². The smallest absolute Gasteiger partial charge is 0.251 e. The topological polar surface area (TPSA) is 87.7 Å². The number of carbonyl (C=O) groups is 2. The first-order valence-corrected chi connectivity index (χ1v) is 5.50. The van der Waals surface area contributed by atoms with Crippen LogP contribution >= 0.6 is 0 Å². The maximum atomic E-state index is 11.7. The van der Waals surface area contributed by atoms with E-state index in [0.29, 0.717) is 6.54 Å². The van der Waals surface area contributed by atoms with Crippen LogP contribution in [0.2, 0.25) is 0 Å². The van der Waals surface area contributed by atoms with Gasteiger partial charge < -0.3 is 20.5 Å². The fourth-order valence-electron chi connectivity index (χ4n) is 1.35. The molecule has 98 valence electrons. The second kappa shape index (κ2) is 6.48. The zero-order valence-electron chi connectivity index (χ0n) is 10.3. The van der Waals surface area contributed by atoms with Gasteiger partial charge in [-0.25, -0.2) is 0 Å². The molecule has 0 spiro atoms. The SMILES string of the molecule is CCNC(=O)CNC(=O)c1ccc(OC)c(O)c1. The summed E-state index contributed by atoms with van der Waals surface area (Å²) in [5.74, 6) is -0.527. The molecule has 6 heteroatoms. The highest BCUT2D eigenvalue weighted by molar-refractivity contribution is 5.97. The lowest BCUT2D eigenvalue weighted by Gasteiger charge is -2.07. The molecule has 0 atom stereocenters. The van der Waals surface area contributed by atoms with Gasteiger partial charge in [-0.05, 0) is 25.1 Å². The van der Waals surface area contributed by atoms with Gasteiger partial charge in [0, 0.05) is 12.1 Å². The van der Waals surface area contributed by atoms with Crippen molar-refractivity contribution < 1.29 is 19.4 Å². The molecule has 0 aliphatic carbocycles. The number of methoxy groups -OCH3 is 1. The second-order valence-electron chi connectivity index (χ2n) is 3.52. The molecule has 1 aromatic carbocycles. The van der Waals surface area contributed by atoms with E-state index in [1.807, 2.05) is 0 Å². The molecule has 0 saturated carbocycles. The van der Waals surface area contributed by atoms with E-state index in [4.69, 9.17) is 4.74 Å². The molecule has 18 heavy (non-hydrogen) atoms. The van der Waals surface area contributed by atoms with Gasteiger partial charge in [0.25, 0.3) is 5.91 Å². The van der Waals surface area contributed by atoms with Crippen LogP contribution in [0.4, 0.5) is 0 Å². The molecule has 0 bridgehead atoms. The molecule has 0 unspecified atom stereocenters. The molecule has 0 heterocycles. The second-order valence-corrected chi connectivity index (χ2v) is 3.52. The van der Waals surface area contributed by atoms with Gasteiger partial charge in [-0.3, -0.25) is 9.59 Å². The third kappa shape index (κ3) is 3.65. The number of hydrogen-bond acceptors (Lipinski definition) is 4. The Bertz CT molecular complexity index is 446. The lowest BCUT2D eigenvalue weighted by Crippen LogP contribution is -2.36. The molecule has 1 aromatic rings. The Balaban J connectivity index is 2.62. The van der Waals surface area contributed by atoms with Crippen LogP contribution in [0.5, 0.6) is 11.5 Å². The predicted octanol–water partition coefficient (Wildman–Crippen LogP) is 0.267. The van der Waals surface area contributed by atoms with Crippen LogP contribution in [-0.2, 0) is 4.79 Å². The molecule has 6 nitrogen and oxygen atoms in total. The lowest BCUT2D eigenvalue weighted by atomic mass is 10.2. The number of aromatic hydroxyl groups is 1. The molecule has 0 saturated heterocycles. The summed E-state index contributed by atoms with van der Waals surface area (Å²) < 4.78 is 4.86. The molecule has 2 amide bonds. The third-order valence-corrected chi connectivity index (χ3v) is 2.22. The molecule has 1 rings (SSSR count). The Hall–Kier alpha value is -2.24. The number of phenolic OH excluding ortho intramolecular Hbond substituents is 1. The highest BCUT2D eigenvalue weighted by Gasteiger charge is 2.10. The van der Waals surface area contributed by atoms with Crippen molar-refractivity contribution >= 4 is 11.8 Å². The Morgan fingerprint density at radius 2 is 2.06 bits per heavy atom. The number of carbonyl (C=O) groups excluding carboxylic acids is 2. The maximum absolute atomic E-state index is 11.7. The summed E-state index contributed by atoms with van der Waals surface area (Å²) >= 11 is 0. The quantitative estimate of drug-likeness (QED) is 0.701. The molecule has 3 N–H and O–H groups in total. The summed E-state index contributed by atoms with van der Waals surface area (Å²) in [7, 11) is 1.42. The van der Waals surface area contributed by atoms with Crippen molar-refractivity contribution in [3.63, 3.8) is 0 Å². The maximum Gasteiger partial charge on any atom is 0.251 e. The average Bonchev–Trinajstić information content (AvgIpc) is 2.36. The fraction of sp³-hybridized carbons (Fsp3) is 0.333. The van der Waals surface area contributed by atoms with Gasteiger partial charge in [0.15, 0.2) is 11.5 Å². The first-order chi connectivity index (χ1) is 8.58. The van der Waals surface area contributed by atoms with E-state index >= 15 is 0 Å². The molecular formula is C12H16N2O4. The van der Waals surface area contributed by atoms with Crippen molar-refractivity contribution in [1.82, 2.24) is 10.6 Å². The van der Waals surface area contributed by atoms with Gasteiger partial charge in [-0.2, -0.15) is 0 Å². The van der Waals surface area contributed by atoms with Crippen molar-refractivity contribution in [2.45, 2.75) is 6.92 Å². The summed E-state index contributed by atoms with van der Waals surface area (Å²) in [5, 5.41) is 14.5. The lowest BCUT2D eigenvalue weighted by molar-refractivity contribution is -0.120. The van der Waals surface area contributed by atoms with E-state index in [9.17, 15) is 14.7 Å². The van der Waals surface area contributed by atoms with Crippen molar-refractivity contribution in [2.24, 2.45) is 0 Å². The fourth-order valence-corrected chi connectivity index (χ4v) is 1.35. The first kappa shape index (κ1) is 13.8. The molecule has 0 fully saturated rings. The monoisotopic (exact) mass is 252 g/mol. The first-order valence-electron chi connectivity index (χ1n) is 5.50. The summed E-state index contributed by atoms with van der Waals surface area (Å²) in [6.45, 7) is 2.21. The van der Waals surface area contributed by atoms with Crippen LogP contribution in [-0.4, -0.2) is 37.1 Å². The standard InChI is InChI=1S/C12H16N2O4/c1-3-13-11(16)7-14-12(17)8-4-5-10(18-2)9(15)6-8/h4-6,15H,3,7H2,1-2H3,(H,13,16)(H,14,17). The van der Waals surface area contributed by atoms with Gasteiger partial charge in [0.05, 0.1) is 13.7 Å². The Morgan fingerprint density at radius 3 is 2.61 bits per heavy atom. The number of benzene rings is 1. The minimum Gasteiger partial charge on any atom is -0.504 e. The van der Waals surface area contributed by atoms with Gasteiger partial charge in [0.1, 0.15) is 0 Å². The molecule has 0 aromatic heterocycles. The van der Waals surface area contributed by atoms with E-state index in [-0.39, 0.29) is 29.5 Å². The largest absolute Gasteiger partial charge is 0.504 e. The zero-order chi connectivity index (χ0) is 13.5. The number of hydrogen-bond donors (Lipinski definition) is 3. The van der Waals surface area contributed by atoms with Gasteiger partial charge in [-0.15, -0.1) is 0 Å². The van der Waals surface area contributed by atoms with E-state index < -0.39 is 5.91 Å². The zero-order valence-corrected chi connectivity index (χ0v) is 10.3. The van der Waals surface area contributed by atoms with Crippen LogP contribution in [0.25, 0.3) is 0 Å². The summed E-state index contributed by atoms with van der Waals surface area (Å²) in [5.41, 5.74) is 0.262.